The molecular formula is C24H17N5O4. The lowest BCUT2D eigenvalue weighted by molar-refractivity contribution is -0.385. The minimum absolute atomic E-state index is 0.104. The molecule has 1 aromatic heterocycles. The number of rotatable bonds is 3. The Hall–Kier alpha value is -4.84. The van der Waals surface area contributed by atoms with Crippen LogP contribution in [0.15, 0.2) is 72.1 Å². The van der Waals surface area contributed by atoms with Crippen molar-refractivity contribution < 1.29 is 14.8 Å². The predicted octanol–water partition coefficient (Wildman–Crippen LogP) is 4.17. The van der Waals surface area contributed by atoms with Crippen molar-refractivity contribution in [2.24, 2.45) is 5.73 Å². The third kappa shape index (κ3) is 3.13. The lowest BCUT2D eigenvalue weighted by Gasteiger charge is -2.24. The molecule has 0 amide bonds. The highest BCUT2D eigenvalue weighted by Gasteiger charge is 2.37. The van der Waals surface area contributed by atoms with E-state index in [9.17, 15) is 20.5 Å². The molecule has 3 N–H and O–H groups in total. The first-order valence-corrected chi connectivity index (χ1v) is 10.0. The van der Waals surface area contributed by atoms with E-state index in [1.54, 1.807) is 11.6 Å². The summed E-state index contributed by atoms with van der Waals surface area (Å²) in [7, 11) is 0. The van der Waals surface area contributed by atoms with Crippen LogP contribution in [0.25, 0.3) is 16.5 Å². The van der Waals surface area contributed by atoms with Gasteiger partial charge in [-0.3, -0.25) is 10.1 Å². The first-order chi connectivity index (χ1) is 15.9. The Balaban J connectivity index is 1.73. The number of benzene rings is 3. The average molecular weight is 439 g/mol. The van der Waals surface area contributed by atoms with Crippen molar-refractivity contribution in [2.75, 3.05) is 0 Å². The standard InChI is InChI=1S/C24H17N5O4/c1-13-21-22(16-7-9-20(30)19(11-16)29(31)32)18(12-25)23(26)33-24(21)28(27-13)17-8-6-14-4-2-3-5-15(14)10-17/h2-11,22,30H,26H2,1H3/t22-/m1/s1. The number of nitriles is 1. The molecular weight excluding hydrogens is 422 g/mol. The van der Waals surface area contributed by atoms with Crippen LogP contribution in [-0.2, 0) is 0 Å². The fourth-order valence-electron chi connectivity index (χ4n) is 4.20. The maximum Gasteiger partial charge on any atom is 0.311 e. The molecule has 1 atom stereocenters. The fraction of sp³-hybridized carbons (Fsp3) is 0.0833. The minimum atomic E-state index is -0.743. The average Bonchev–Trinajstić information content (AvgIpc) is 3.13. The Kier molecular flexibility index (Phi) is 4.50. The SMILES string of the molecule is Cc1nn(-c2ccc3ccccc3c2)c2c1[C@H](c1ccc(O)c([N+](=O)[O-])c1)C(C#N)=C(N)O2. The molecule has 0 radical (unpaired) electrons. The van der Waals surface area contributed by atoms with Gasteiger partial charge in [-0.1, -0.05) is 36.4 Å². The second-order valence-electron chi connectivity index (χ2n) is 7.68. The van der Waals surface area contributed by atoms with Crippen LogP contribution in [0.3, 0.4) is 0 Å². The second kappa shape index (κ2) is 7.39. The summed E-state index contributed by atoms with van der Waals surface area (Å²) in [5, 5.41) is 37.8. The molecule has 2 heterocycles. The molecule has 0 fully saturated rings. The summed E-state index contributed by atoms with van der Waals surface area (Å²) in [6, 6.07) is 19.8. The lowest BCUT2D eigenvalue weighted by Crippen LogP contribution is -2.22. The van der Waals surface area contributed by atoms with Gasteiger partial charge in [0.1, 0.15) is 11.6 Å². The van der Waals surface area contributed by atoms with Crippen LogP contribution < -0.4 is 10.5 Å². The van der Waals surface area contributed by atoms with E-state index in [0.29, 0.717) is 22.7 Å². The van der Waals surface area contributed by atoms with Crippen LogP contribution in [0.4, 0.5) is 5.69 Å². The smallest absolute Gasteiger partial charge is 0.311 e. The summed E-state index contributed by atoms with van der Waals surface area (Å²) in [5.74, 6) is -0.977. The van der Waals surface area contributed by atoms with Crippen LogP contribution in [0.2, 0.25) is 0 Å². The molecule has 0 saturated heterocycles. The Morgan fingerprint density at radius 1 is 1.18 bits per heavy atom. The van der Waals surface area contributed by atoms with Crippen molar-refractivity contribution in [2.45, 2.75) is 12.8 Å². The number of ether oxygens (including phenoxy) is 1. The Morgan fingerprint density at radius 3 is 2.67 bits per heavy atom. The van der Waals surface area contributed by atoms with Crippen LogP contribution >= 0.6 is 0 Å². The molecule has 162 valence electrons. The number of hydrogen-bond donors (Lipinski definition) is 2. The molecule has 1 aliphatic heterocycles. The van der Waals surface area contributed by atoms with Gasteiger partial charge in [0.25, 0.3) is 0 Å². The second-order valence-corrected chi connectivity index (χ2v) is 7.68. The van der Waals surface area contributed by atoms with Crippen molar-refractivity contribution in [3.63, 3.8) is 0 Å². The van der Waals surface area contributed by atoms with Crippen molar-refractivity contribution >= 4 is 16.5 Å². The van der Waals surface area contributed by atoms with Crippen molar-refractivity contribution in [1.82, 2.24) is 9.78 Å². The van der Waals surface area contributed by atoms with E-state index < -0.39 is 22.3 Å². The number of nitro benzene ring substituents is 1. The number of allylic oxidation sites excluding steroid dienone is 1. The van der Waals surface area contributed by atoms with Gasteiger partial charge in [-0.25, -0.2) is 4.68 Å². The van der Waals surface area contributed by atoms with Gasteiger partial charge in [0, 0.05) is 6.07 Å². The number of nitrogens with two attached hydrogens (primary N) is 1. The third-order valence-corrected chi connectivity index (χ3v) is 5.74. The van der Waals surface area contributed by atoms with Gasteiger partial charge >= 0.3 is 5.69 Å². The number of aryl methyl sites for hydroxylation is 1. The molecule has 0 spiro atoms. The van der Waals surface area contributed by atoms with Crippen LogP contribution in [0.1, 0.15) is 22.7 Å². The van der Waals surface area contributed by atoms with E-state index in [1.807, 2.05) is 42.5 Å². The quantitative estimate of drug-likeness (QED) is 0.361. The molecule has 3 aromatic carbocycles. The van der Waals surface area contributed by atoms with E-state index in [0.717, 1.165) is 16.5 Å². The van der Waals surface area contributed by atoms with Gasteiger partial charge in [0.2, 0.25) is 11.8 Å². The number of phenols is 1. The van der Waals surface area contributed by atoms with Gasteiger partial charge in [-0.05, 0) is 41.5 Å². The number of aromatic nitrogens is 2. The first kappa shape index (κ1) is 20.1. The van der Waals surface area contributed by atoms with E-state index in [2.05, 4.69) is 11.2 Å². The largest absolute Gasteiger partial charge is 0.502 e. The van der Waals surface area contributed by atoms with Crippen LogP contribution in [0, 0.1) is 28.4 Å². The number of phenolic OH excluding ortho intramolecular Hbond substituents is 1. The van der Waals surface area contributed by atoms with Gasteiger partial charge in [-0.2, -0.15) is 10.4 Å². The van der Waals surface area contributed by atoms with Gasteiger partial charge < -0.3 is 15.6 Å². The highest BCUT2D eigenvalue weighted by atomic mass is 16.6. The topological polar surface area (TPSA) is 140 Å². The molecule has 0 saturated carbocycles. The highest BCUT2D eigenvalue weighted by Crippen LogP contribution is 2.46. The molecule has 5 rings (SSSR count). The monoisotopic (exact) mass is 439 g/mol. The van der Waals surface area contributed by atoms with Crippen molar-refractivity contribution in [3.8, 4) is 23.4 Å². The molecule has 9 heteroatoms. The molecule has 0 aliphatic carbocycles. The Morgan fingerprint density at radius 2 is 1.94 bits per heavy atom. The maximum absolute atomic E-state index is 11.4. The summed E-state index contributed by atoms with van der Waals surface area (Å²) < 4.78 is 7.47. The van der Waals surface area contributed by atoms with Crippen LogP contribution in [0.5, 0.6) is 11.6 Å². The van der Waals surface area contributed by atoms with Crippen molar-refractivity contribution in [3.05, 3.63) is 99.1 Å². The highest BCUT2D eigenvalue weighted by molar-refractivity contribution is 5.84. The molecule has 4 aromatic rings. The third-order valence-electron chi connectivity index (χ3n) is 5.74. The van der Waals surface area contributed by atoms with E-state index in [4.69, 9.17) is 10.5 Å². The summed E-state index contributed by atoms with van der Waals surface area (Å²) in [4.78, 5) is 10.7. The summed E-state index contributed by atoms with van der Waals surface area (Å²) in [6.07, 6.45) is 0. The first-order valence-electron chi connectivity index (χ1n) is 10.0. The maximum atomic E-state index is 11.4. The predicted molar refractivity (Wildman–Crippen MR) is 120 cm³/mol. The molecule has 33 heavy (non-hydrogen) atoms. The number of aromatic hydroxyl groups is 1. The number of fused-ring (bicyclic) bond motifs is 2. The van der Waals surface area contributed by atoms with Crippen molar-refractivity contribution in [1.29, 1.82) is 5.26 Å². The molecule has 0 unspecified atom stereocenters. The molecule has 0 bridgehead atoms. The Bertz CT molecular complexity index is 1530. The summed E-state index contributed by atoms with van der Waals surface area (Å²) in [5.41, 5.74) is 8.09. The number of nitro groups is 1. The normalized spacial score (nSPS) is 15.1. The molecule has 1 aliphatic rings. The zero-order valence-electron chi connectivity index (χ0n) is 17.4. The zero-order valence-corrected chi connectivity index (χ0v) is 17.4. The minimum Gasteiger partial charge on any atom is -0.502 e. The van der Waals surface area contributed by atoms with Gasteiger partial charge in [-0.15, -0.1) is 0 Å². The van der Waals surface area contributed by atoms with E-state index in [1.165, 1.54) is 18.2 Å². The van der Waals surface area contributed by atoms with Crippen LogP contribution in [-0.4, -0.2) is 19.8 Å². The zero-order chi connectivity index (χ0) is 23.3. The number of hydrogen-bond acceptors (Lipinski definition) is 7. The van der Waals surface area contributed by atoms with E-state index >= 15 is 0 Å². The number of nitrogens with zero attached hydrogens (tertiary/aromatic N) is 4. The summed E-state index contributed by atoms with van der Waals surface area (Å²) in [6.45, 7) is 1.78. The summed E-state index contributed by atoms with van der Waals surface area (Å²) >= 11 is 0. The fourth-order valence-corrected chi connectivity index (χ4v) is 4.20. The Labute approximate surface area is 187 Å². The lowest BCUT2D eigenvalue weighted by atomic mass is 9.84. The van der Waals surface area contributed by atoms with Gasteiger partial charge in [0.05, 0.1) is 27.8 Å². The van der Waals surface area contributed by atoms with E-state index in [-0.39, 0.29) is 11.5 Å². The molecule has 9 nitrogen and oxygen atoms in total. The van der Waals surface area contributed by atoms with Gasteiger partial charge in [0.15, 0.2) is 5.75 Å².